The van der Waals surface area contributed by atoms with E-state index >= 15 is 0 Å². The first-order valence-electron chi connectivity index (χ1n) is 6.56. The van der Waals surface area contributed by atoms with Gasteiger partial charge in [-0.15, -0.1) is 0 Å². The summed E-state index contributed by atoms with van der Waals surface area (Å²) in [6.07, 6.45) is 1.03. The third-order valence-electron chi connectivity index (χ3n) is 3.32. The number of nitrogens with one attached hydrogen (secondary N) is 1. The zero-order chi connectivity index (χ0) is 14.0. The maximum atomic E-state index is 11.5. The quantitative estimate of drug-likeness (QED) is 0.866. The van der Waals surface area contributed by atoms with Crippen LogP contribution in [0.25, 0.3) is 10.9 Å². The van der Waals surface area contributed by atoms with Crippen molar-refractivity contribution in [3.8, 4) is 0 Å². The van der Waals surface area contributed by atoms with Gasteiger partial charge in [-0.2, -0.15) is 0 Å². The summed E-state index contributed by atoms with van der Waals surface area (Å²) in [7, 11) is 1.93. The number of carboxylic acid groups (broad SMARTS) is 1. The monoisotopic (exact) mass is 260 g/mol. The highest BCUT2D eigenvalue weighted by atomic mass is 16.4. The Kier molecular flexibility index (Phi) is 3.79. The van der Waals surface area contributed by atoms with Gasteiger partial charge in [0.05, 0.1) is 0 Å². The van der Waals surface area contributed by atoms with Crippen molar-refractivity contribution in [2.45, 2.75) is 20.3 Å². The van der Waals surface area contributed by atoms with E-state index in [1.165, 1.54) is 0 Å². The van der Waals surface area contributed by atoms with Crippen LogP contribution >= 0.6 is 0 Å². The minimum atomic E-state index is -0.885. The highest BCUT2D eigenvalue weighted by molar-refractivity contribution is 6.08. The van der Waals surface area contributed by atoms with Crippen molar-refractivity contribution in [2.75, 3.05) is 18.5 Å². The van der Waals surface area contributed by atoms with Gasteiger partial charge in [-0.05, 0) is 18.4 Å². The molecule has 2 aromatic rings. The van der Waals surface area contributed by atoms with Crippen LogP contribution in [-0.4, -0.2) is 29.7 Å². The molecular weight excluding hydrogens is 240 g/mol. The molecule has 0 aliphatic rings. The zero-order valence-corrected chi connectivity index (χ0v) is 11.6. The molecule has 1 aromatic heterocycles. The number of carbonyl (C=O) groups is 1. The molecule has 0 atom stereocenters. The summed E-state index contributed by atoms with van der Waals surface area (Å²) in [4.78, 5) is 16.7. The normalized spacial score (nSPS) is 11.2. The van der Waals surface area contributed by atoms with Gasteiger partial charge in [-0.3, -0.25) is 0 Å². The van der Waals surface area contributed by atoms with E-state index in [4.69, 9.17) is 0 Å². The molecule has 0 aliphatic carbocycles. The Labute approximate surface area is 113 Å². The second kappa shape index (κ2) is 5.34. The zero-order valence-electron chi connectivity index (χ0n) is 11.6. The summed E-state index contributed by atoms with van der Waals surface area (Å²) < 4.78 is 0. The smallest absolute Gasteiger partial charge is 0.340 e. The number of aromatic nitrogens is 1. The van der Waals surface area contributed by atoms with Crippen LogP contribution in [0.15, 0.2) is 24.3 Å². The lowest BCUT2D eigenvalue weighted by Crippen LogP contribution is -2.22. The number of rotatable bonds is 5. The van der Waals surface area contributed by atoms with Gasteiger partial charge in [0.25, 0.3) is 0 Å². The summed E-state index contributed by atoms with van der Waals surface area (Å²) >= 11 is 0. The number of hydrogen-bond donors (Lipinski definition) is 2. The molecule has 4 nitrogen and oxygen atoms in total. The topological polar surface area (TPSA) is 56.3 Å². The number of anilines is 1. The summed E-state index contributed by atoms with van der Waals surface area (Å²) in [5.41, 5.74) is 1.23. The van der Waals surface area contributed by atoms with E-state index in [0.29, 0.717) is 17.3 Å². The lowest BCUT2D eigenvalue weighted by Gasteiger charge is -2.19. The van der Waals surface area contributed by atoms with Crippen molar-refractivity contribution in [1.29, 1.82) is 0 Å². The Balaban J connectivity index is 2.41. The summed E-state index contributed by atoms with van der Waals surface area (Å²) in [5, 5.41) is 10.2. The van der Waals surface area contributed by atoms with Crippen molar-refractivity contribution >= 4 is 22.7 Å². The van der Waals surface area contributed by atoms with Gasteiger partial charge in [0.2, 0.25) is 0 Å². The third-order valence-corrected chi connectivity index (χ3v) is 3.32. The maximum Gasteiger partial charge on any atom is 0.340 e. The van der Waals surface area contributed by atoms with Crippen molar-refractivity contribution in [3.63, 3.8) is 0 Å². The van der Waals surface area contributed by atoms with Crippen molar-refractivity contribution < 1.29 is 9.90 Å². The fourth-order valence-electron chi connectivity index (χ4n) is 2.19. The molecule has 0 fully saturated rings. The fraction of sp³-hybridized carbons (Fsp3) is 0.400. The van der Waals surface area contributed by atoms with Crippen LogP contribution in [-0.2, 0) is 0 Å². The summed E-state index contributed by atoms with van der Waals surface area (Å²) in [6.45, 7) is 5.17. The lowest BCUT2D eigenvalue weighted by atomic mass is 10.1. The highest BCUT2D eigenvalue weighted by Gasteiger charge is 2.20. The number of hydrogen-bond acceptors (Lipinski definition) is 2. The first-order valence-corrected chi connectivity index (χ1v) is 6.56. The van der Waals surface area contributed by atoms with Crippen LogP contribution in [0.4, 0.5) is 5.82 Å². The van der Waals surface area contributed by atoms with Gasteiger partial charge in [0.1, 0.15) is 11.4 Å². The van der Waals surface area contributed by atoms with Gasteiger partial charge in [0, 0.05) is 24.5 Å². The van der Waals surface area contributed by atoms with Gasteiger partial charge < -0.3 is 15.0 Å². The molecule has 0 bridgehead atoms. The molecule has 2 rings (SSSR count). The molecule has 102 valence electrons. The Morgan fingerprint density at radius 2 is 2.05 bits per heavy atom. The number of benzene rings is 1. The minimum absolute atomic E-state index is 0.363. The van der Waals surface area contributed by atoms with E-state index < -0.39 is 5.97 Å². The van der Waals surface area contributed by atoms with Crippen LogP contribution in [0.1, 0.15) is 30.6 Å². The number of nitrogens with zero attached hydrogens (tertiary/aromatic N) is 1. The Hall–Kier alpha value is -1.97. The van der Waals surface area contributed by atoms with E-state index in [0.717, 1.165) is 23.9 Å². The van der Waals surface area contributed by atoms with E-state index in [-0.39, 0.29) is 0 Å². The SMILES string of the molecule is CC(C)CCN(C)c1[nH]c2ccccc2c1C(=O)O. The largest absolute Gasteiger partial charge is 0.478 e. The van der Waals surface area contributed by atoms with Gasteiger partial charge >= 0.3 is 5.97 Å². The molecule has 0 aliphatic heterocycles. The molecule has 4 heteroatoms. The number of aromatic amines is 1. The van der Waals surface area contributed by atoms with Crippen LogP contribution in [0, 0.1) is 5.92 Å². The molecule has 2 N–H and O–H groups in total. The van der Waals surface area contributed by atoms with Crippen molar-refractivity contribution in [3.05, 3.63) is 29.8 Å². The van der Waals surface area contributed by atoms with Crippen molar-refractivity contribution in [2.24, 2.45) is 5.92 Å². The first-order chi connectivity index (χ1) is 9.00. The van der Waals surface area contributed by atoms with Gasteiger partial charge in [-0.25, -0.2) is 4.79 Å². The Morgan fingerprint density at radius 1 is 1.37 bits per heavy atom. The van der Waals surface area contributed by atoms with Gasteiger partial charge in [-0.1, -0.05) is 32.0 Å². The predicted octanol–water partition coefficient (Wildman–Crippen LogP) is 3.35. The average molecular weight is 260 g/mol. The number of para-hydroxylation sites is 1. The third kappa shape index (κ3) is 2.72. The van der Waals surface area contributed by atoms with E-state index in [9.17, 15) is 9.90 Å². The molecule has 0 amide bonds. The molecular formula is C15H20N2O2. The summed E-state index contributed by atoms with van der Waals surface area (Å²) in [6, 6.07) is 7.51. The summed E-state index contributed by atoms with van der Waals surface area (Å²) in [5.74, 6) is 0.401. The van der Waals surface area contributed by atoms with E-state index in [2.05, 4.69) is 18.8 Å². The molecule has 0 saturated carbocycles. The van der Waals surface area contributed by atoms with Crippen molar-refractivity contribution in [1.82, 2.24) is 4.98 Å². The number of H-pyrrole nitrogens is 1. The first kappa shape index (κ1) is 13.5. The van der Waals surface area contributed by atoms with E-state index in [1.54, 1.807) is 0 Å². The highest BCUT2D eigenvalue weighted by Crippen LogP contribution is 2.28. The predicted molar refractivity (Wildman–Crippen MR) is 78.0 cm³/mol. The van der Waals surface area contributed by atoms with Crippen LogP contribution in [0.5, 0.6) is 0 Å². The molecule has 0 radical (unpaired) electrons. The fourth-order valence-corrected chi connectivity index (χ4v) is 2.19. The van der Waals surface area contributed by atoms with E-state index in [1.807, 2.05) is 36.2 Å². The Morgan fingerprint density at radius 3 is 2.68 bits per heavy atom. The molecule has 1 heterocycles. The average Bonchev–Trinajstić information content (AvgIpc) is 2.75. The second-order valence-electron chi connectivity index (χ2n) is 5.30. The van der Waals surface area contributed by atoms with Gasteiger partial charge in [0.15, 0.2) is 0 Å². The molecule has 19 heavy (non-hydrogen) atoms. The van der Waals surface area contributed by atoms with Crippen LogP contribution in [0.3, 0.4) is 0 Å². The van der Waals surface area contributed by atoms with Crippen LogP contribution < -0.4 is 4.90 Å². The molecule has 0 unspecified atom stereocenters. The minimum Gasteiger partial charge on any atom is -0.478 e. The Bertz CT molecular complexity index is 587. The molecule has 1 aromatic carbocycles. The second-order valence-corrected chi connectivity index (χ2v) is 5.30. The lowest BCUT2D eigenvalue weighted by molar-refractivity contribution is 0.0700. The maximum absolute atomic E-state index is 11.5. The number of aromatic carboxylic acids is 1. The standard InChI is InChI=1S/C15H20N2O2/c1-10(2)8-9-17(3)14-13(15(18)19)11-6-4-5-7-12(11)16-14/h4-7,10,16H,8-9H2,1-3H3,(H,18,19). The number of carboxylic acids is 1. The number of fused-ring (bicyclic) bond motifs is 1. The van der Waals surface area contributed by atoms with Crippen LogP contribution in [0.2, 0.25) is 0 Å². The molecule has 0 spiro atoms. The molecule has 0 saturated heterocycles.